The molecule has 2 unspecified atom stereocenters. The lowest BCUT2D eigenvalue weighted by atomic mass is 9.94. The van der Waals surface area contributed by atoms with Crippen LogP contribution in [0.25, 0.3) is 0 Å². The second-order valence-electron chi connectivity index (χ2n) is 4.72. The van der Waals surface area contributed by atoms with Crippen LogP contribution in [-0.2, 0) is 5.41 Å². The van der Waals surface area contributed by atoms with Crippen molar-refractivity contribution in [2.75, 3.05) is 13.1 Å². The average Bonchev–Trinajstić information content (AvgIpc) is 2.87. The number of nitrogens with one attached hydrogen (secondary N) is 1. The van der Waals surface area contributed by atoms with Gasteiger partial charge in [0.25, 0.3) is 0 Å². The molecule has 0 aliphatic heterocycles. The fourth-order valence-corrected chi connectivity index (χ4v) is 2.42. The van der Waals surface area contributed by atoms with Gasteiger partial charge in [-0.25, -0.2) is 8.78 Å². The SMILES string of the molecule is CCNCC1CC1(C)c1c(F)cccc1F. The van der Waals surface area contributed by atoms with Gasteiger partial charge >= 0.3 is 0 Å². The summed E-state index contributed by atoms with van der Waals surface area (Å²) >= 11 is 0. The van der Waals surface area contributed by atoms with E-state index in [1.165, 1.54) is 18.2 Å². The first-order valence-corrected chi connectivity index (χ1v) is 5.74. The summed E-state index contributed by atoms with van der Waals surface area (Å²) in [6, 6.07) is 4.10. The van der Waals surface area contributed by atoms with Gasteiger partial charge in [0.2, 0.25) is 0 Å². The van der Waals surface area contributed by atoms with Crippen molar-refractivity contribution in [3.8, 4) is 0 Å². The van der Waals surface area contributed by atoms with Crippen LogP contribution in [0.1, 0.15) is 25.8 Å². The van der Waals surface area contributed by atoms with Crippen molar-refractivity contribution in [2.24, 2.45) is 5.92 Å². The molecule has 0 bridgehead atoms. The highest BCUT2D eigenvalue weighted by Crippen LogP contribution is 2.54. The summed E-state index contributed by atoms with van der Waals surface area (Å²) in [5, 5.41) is 3.23. The van der Waals surface area contributed by atoms with E-state index in [9.17, 15) is 8.78 Å². The lowest BCUT2D eigenvalue weighted by molar-refractivity contribution is 0.502. The smallest absolute Gasteiger partial charge is 0.129 e. The van der Waals surface area contributed by atoms with Gasteiger partial charge in [0, 0.05) is 11.0 Å². The molecule has 1 aromatic carbocycles. The molecule has 0 heterocycles. The first-order chi connectivity index (χ1) is 7.59. The minimum atomic E-state index is -0.415. The Hall–Kier alpha value is -0.960. The Kier molecular flexibility index (Phi) is 2.98. The van der Waals surface area contributed by atoms with E-state index in [4.69, 9.17) is 0 Å². The van der Waals surface area contributed by atoms with Crippen LogP contribution in [0.15, 0.2) is 18.2 Å². The molecule has 1 N–H and O–H groups in total. The van der Waals surface area contributed by atoms with E-state index in [1.807, 2.05) is 13.8 Å². The maximum Gasteiger partial charge on any atom is 0.129 e. The topological polar surface area (TPSA) is 12.0 Å². The van der Waals surface area contributed by atoms with E-state index in [2.05, 4.69) is 5.32 Å². The largest absolute Gasteiger partial charge is 0.317 e. The molecule has 0 aromatic heterocycles. The number of hydrogen-bond donors (Lipinski definition) is 1. The van der Waals surface area contributed by atoms with Crippen molar-refractivity contribution < 1.29 is 8.78 Å². The van der Waals surface area contributed by atoms with E-state index < -0.39 is 11.6 Å². The molecule has 0 amide bonds. The molecule has 1 aromatic rings. The summed E-state index contributed by atoms with van der Waals surface area (Å²) in [5.74, 6) is -0.484. The monoisotopic (exact) mass is 225 g/mol. The Labute approximate surface area is 94.9 Å². The zero-order chi connectivity index (χ0) is 11.8. The van der Waals surface area contributed by atoms with Gasteiger partial charge in [-0.15, -0.1) is 0 Å². The molecule has 1 fully saturated rings. The maximum atomic E-state index is 13.6. The molecule has 2 atom stereocenters. The number of benzene rings is 1. The third kappa shape index (κ3) is 1.84. The van der Waals surface area contributed by atoms with Gasteiger partial charge in [-0.05, 0) is 37.6 Å². The molecule has 3 heteroatoms. The predicted molar refractivity (Wildman–Crippen MR) is 60.4 cm³/mol. The maximum absolute atomic E-state index is 13.6. The summed E-state index contributed by atoms with van der Waals surface area (Å²) in [6.07, 6.45) is 0.859. The standard InChI is InChI=1S/C13H17F2N/c1-3-16-8-9-7-13(9,2)12-10(14)5-4-6-11(12)15/h4-6,9,16H,3,7-8H2,1-2H3. The molecule has 0 saturated heterocycles. The second-order valence-corrected chi connectivity index (χ2v) is 4.72. The van der Waals surface area contributed by atoms with Gasteiger partial charge in [-0.2, -0.15) is 0 Å². The van der Waals surface area contributed by atoms with Crippen LogP contribution in [-0.4, -0.2) is 13.1 Å². The van der Waals surface area contributed by atoms with Crippen LogP contribution in [0, 0.1) is 17.6 Å². The minimum absolute atomic E-state index is 0.262. The molecule has 0 radical (unpaired) electrons. The van der Waals surface area contributed by atoms with Gasteiger partial charge in [0.15, 0.2) is 0 Å². The Morgan fingerprint density at radius 2 is 2.00 bits per heavy atom. The molecule has 2 rings (SSSR count). The van der Waals surface area contributed by atoms with Gasteiger partial charge in [0.05, 0.1) is 0 Å². The van der Waals surface area contributed by atoms with Gasteiger partial charge in [-0.3, -0.25) is 0 Å². The number of halogens is 2. The van der Waals surface area contributed by atoms with E-state index >= 15 is 0 Å². The molecular weight excluding hydrogens is 208 g/mol. The molecule has 16 heavy (non-hydrogen) atoms. The summed E-state index contributed by atoms with van der Waals surface area (Å²) in [4.78, 5) is 0. The van der Waals surface area contributed by atoms with Gasteiger partial charge < -0.3 is 5.32 Å². The Bertz CT molecular complexity index is 371. The van der Waals surface area contributed by atoms with Gasteiger partial charge in [0.1, 0.15) is 11.6 Å². The zero-order valence-electron chi connectivity index (χ0n) is 9.69. The molecule has 1 saturated carbocycles. The van der Waals surface area contributed by atoms with Crippen LogP contribution in [0.4, 0.5) is 8.78 Å². The minimum Gasteiger partial charge on any atom is -0.317 e. The second kappa shape index (κ2) is 4.13. The molecule has 1 nitrogen and oxygen atoms in total. The first-order valence-electron chi connectivity index (χ1n) is 5.74. The highest BCUT2D eigenvalue weighted by atomic mass is 19.1. The predicted octanol–water partition coefficient (Wildman–Crippen LogP) is 2.85. The van der Waals surface area contributed by atoms with Crippen LogP contribution in [0.5, 0.6) is 0 Å². The van der Waals surface area contributed by atoms with E-state index in [-0.39, 0.29) is 11.0 Å². The summed E-state index contributed by atoms with van der Waals surface area (Å²) in [6.45, 7) is 5.70. The van der Waals surface area contributed by atoms with Crippen LogP contribution in [0.3, 0.4) is 0 Å². The summed E-state index contributed by atoms with van der Waals surface area (Å²) in [5.41, 5.74) is -0.0599. The van der Waals surface area contributed by atoms with Crippen molar-refractivity contribution in [2.45, 2.75) is 25.7 Å². The van der Waals surface area contributed by atoms with Crippen LogP contribution < -0.4 is 5.32 Å². The molecule has 0 spiro atoms. The number of hydrogen-bond acceptors (Lipinski definition) is 1. The van der Waals surface area contributed by atoms with Gasteiger partial charge in [-0.1, -0.05) is 19.9 Å². The van der Waals surface area contributed by atoms with Crippen molar-refractivity contribution in [1.29, 1.82) is 0 Å². The molecular formula is C13H17F2N. The Morgan fingerprint density at radius 1 is 1.38 bits per heavy atom. The fourth-order valence-electron chi connectivity index (χ4n) is 2.42. The molecule has 88 valence electrons. The highest BCUT2D eigenvalue weighted by Gasteiger charge is 2.53. The quantitative estimate of drug-likeness (QED) is 0.830. The number of rotatable bonds is 4. The summed E-state index contributed by atoms with van der Waals surface area (Å²) < 4.78 is 27.2. The highest BCUT2D eigenvalue weighted by molar-refractivity contribution is 5.35. The molecule has 1 aliphatic rings. The van der Waals surface area contributed by atoms with Crippen molar-refractivity contribution in [3.05, 3.63) is 35.4 Å². The third-order valence-electron chi connectivity index (χ3n) is 3.59. The Morgan fingerprint density at radius 3 is 2.56 bits per heavy atom. The van der Waals surface area contributed by atoms with E-state index in [0.29, 0.717) is 5.92 Å². The molecule has 1 aliphatic carbocycles. The van der Waals surface area contributed by atoms with Crippen molar-refractivity contribution in [3.63, 3.8) is 0 Å². The summed E-state index contributed by atoms with van der Waals surface area (Å²) in [7, 11) is 0. The lowest BCUT2D eigenvalue weighted by Gasteiger charge is -2.14. The van der Waals surface area contributed by atoms with Crippen molar-refractivity contribution >= 4 is 0 Å². The lowest BCUT2D eigenvalue weighted by Crippen LogP contribution is -2.20. The van der Waals surface area contributed by atoms with Crippen LogP contribution in [0.2, 0.25) is 0 Å². The van der Waals surface area contributed by atoms with E-state index in [1.54, 1.807) is 0 Å². The zero-order valence-corrected chi connectivity index (χ0v) is 9.69. The van der Waals surface area contributed by atoms with Crippen LogP contribution >= 0.6 is 0 Å². The fraction of sp³-hybridized carbons (Fsp3) is 0.538. The Balaban J connectivity index is 2.20. The average molecular weight is 225 g/mol. The normalized spacial score (nSPS) is 28.1. The van der Waals surface area contributed by atoms with Crippen molar-refractivity contribution in [1.82, 2.24) is 5.32 Å². The third-order valence-corrected chi connectivity index (χ3v) is 3.59. The van der Waals surface area contributed by atoms with E-state index in [0.717, 1.165) is 19.5 Å². The first kappa shape index (κ1) is 11.5.